The number of hydrogen-bond donors (Lipinski definition) is 0. The van der Waals surface area contributed by atoms with E-state index in [4.69, 9.17) is 16.3 Å². The molecule has 2 rings (SSSR count). The van der Waals surface area contributed by atoms with Crippen LogP contribution < -0.4 is 0 Å². The lowest BCUT2D eigenvalue weighted by molar-refractivity contribution is -0.149. The Morgan fingerprint density at radius 1 is 1.25 bits per heavy atom. The number of halogens is 1. The highest BCUT2D eigenvalue weighted by atomic mass is 35.5. The predicted octanol–water partition coefficient (Wildman–Crippen LogP) is 2.92. The summed E-state index contributed by atoms with van der Waals surface area (Å²) in [6, 6.07) is 7.93. The van der Waals surface area contributed by atoms with Crippen LogP contribution >= 0.6 is 11.6 Å². The van der Waals surface area contributed by atoms with Gasteiger partial charge in [0.1, 0.15) is 10.7 Å². The average Bonchev–Trinajstić information content (AvgIpc) is 2.82. The van der Waals surface area contributed by atoms with Crippen LogP contribution in [0.3, 0.4) is 0 Å². The van der Waals surface area contributed by atoms with E-state index >= 15 is 0 Å². The minimum atomic E-state index is -1.02. The van der Waals surface area contributed by atoms with Gasteiger partial charge in [-0.15, -0.1) is 0 Å². The van der Waals surface area contributed by atoms with Gasteiger partial charge in [-0.2, -0.15) is 5.10 Å². The maximum Gasteiger partial charge on any atom is 0.346 e. The van der Waals surface area contributed by atoms with E-state index in [0.29, 0.717) is 12.2 Å². The van der Waals surface area contributed by atoms with Crippen LogP contribution in [0.5, 0.6) is 0 Å². The maximum atomic E-state index is 12.3. The van der Waals surface area contributed by atoms with E-state index in [0.717, 1.165) is 11.1 Å². The Morgan fingerprint density at radius 2 is 1.88 bits per heavy atom. The van der Waals surface area contributed by atoms with Crippen molar-refractivity contribution < 1.29 is 19.1 Å². The van der Waals surface area contributed by atoms with E-state index < -0.39 is 18.0 Å². The molecule has 1 aromatic carbocycles. The Morgan fingerprint density at radius 3 is 2.46 bits per heavy atom. The van der Waals surface area contributed by atoms with Crippen molar-refractivity contribution in [2.45, 2.75) is 33.4 Å². The zero-order chi connectivity index (χ0) is 17.9. The minimum absolute atomic E-state index is 0.152. The second-order valence-electron chi connectivity index (χ2n) is 5.47. The highest BCUT2D eigenvalue weighted by Gasteiger charge is 2.26. The Labute approximate surface area is 145 Å². The third-order valence-electron chi connectivity index (χ3n) is 3.54. The summed E-state index contributed by atoms with van der Waals surface area (Å²) in [6.45, 7) is 5.53. The summed E-state index contributed by atoms with van der Waals surface area (Å²) in [7, 11) is 1.23. The van der Waals surface area contributed by atoms with Gasteiger partial charge in [0.2, 0.25) is 0 Å². The van der Waals surface area contributed by atoms with Gasteiger partial charge in [-0.25, -0.2) is 14.3 Å². The van der Waals surface area contributed by atoms with E-state index in [-0.39, 0.29) is 10.7 Å². The Bertz CT molecular complexity index is 753. The van der Waals surface area contributed by atoms with E-state index in [1.807, 2.05) is 31.2 Å². The number of rotatable bonds is 5. The monoisotopic (exact) mass is 350 g/mol. The Balaban J connectivity index is 2.20. The SMILES string of the molecule is COC(=O)[C@@H](C)OC(=O)c1c(C)nn(Cc2ccc(C)cc2)c1Cl. The highest BCUT2D eigenvalue weighted by molar-refractivity contribution is 6.32. The number of ether oxygens (including phenoxy) is 2. The second kappa shape index (κ2) is 7.49. The summed E-state index contributed by atoms with van der Waals surface area (Å²) in [5.74, 6) is -1.34. The summed E-state index contributed by atoms with van der Waals surface area (Å²) in [5.41, 5.74) is 2.75. The quantitative estimate of drug-likeness (QED) is 0.775. The molecule has 0 spiro atoms. The molecular formula is C17H19ClN2O4. The zero-order valence-corrected chi connectivity index (χ0v) is 14.8. The summed E-state index contributed by atoms with van der Waals surface area (Å²) < 4.78 is 11.1. The van der Waals surface area contributed by atoms with Crippen LogP contribution in [0.1, 0.15) is 34.1 Å². The van der Waals surface area contributed by atoms with Crippen molar-refractivity contribution in [2.75, 3.05) is 7.11 Å². The number of carbonyl (C=O) groups excluding carboxylic acids is 2. The molecule has 1 heterocycles. The van der Waals surface area contributed by atoms with Crippen LogP contribution in [0.4, 0.5) is 0 Å². The first-order valence-corrected chi connectivity index (χ1v) is 7.78. The lowest BCUT2D eigenvalue weighted by Crippen LogP contribution is -2.25. The van der Waals surface area contributed by atoms with Crippen molar-refractivity contribution in [2.24, 2.45) is 0 Å². The molecule has 128 valence electrons. The highest BCUT2D eigenvalue weighted by Crippen LogP contribution is 2.22. The first-order valence-electron chi connectivity index (χ1n) is 7.40. The predicted molar refractivity (Wildman–Crippen MR) is 89.1 cm³/mol. The molecule has 0 fully saturated rings. The molecule has 0 unspecified atom stereocenters. The Hall–Kier alpha value is -2.34. The summed E-state index contributed by atoms with van der Waals surface area (Å²) in [5, 5.41) is 4.47. The number of aromatic nitrogens is 2. The zero-order valence-electron chi connectivity index (χ0n) is 14.0. The standard InChI is InChI=1S/C17H19ClN2O4/c1-10-5-7-13(8-6-10)9-20-15(18)14(11(2)19-20)17(22)24-12(3)16(21)23-4/h5-8,12H,9H2,1-4H3/t12-/m1/s1. The minimum Gasteiger partial charge on any atom is -0.466 e. The Kier molecular flexibility index (Phi) is 5.62. The van der Waals surface area contributed by atoms with Crippen LogP contribution in [0, 0.1) is 13.8 Å². The fourth-order valence-corrected chi connectivity index (χ4v) is 2.50. The van der Waals surface area contributed by atoms with Gasteiger partial charge in [0.25, 0.3) is 0 Å². The molecule has 0 radical (unpaired) electrons. The van der Waals surface area contributed by atoms with Gasteiger partial charge in [-0.1, -0.05) is 41.4 Å². The number of benzene rings is 1. The van der Waals surface area contributed by atoms with E-state index in [9.17, 15) is 9.59 Å². The lowest BCUT2D eigenvalue weighted by Gasteiger charge is -2.10. The lowest BCUT2D eigenvalue weighted by atomic mass is 10.1. The molecule has 0 saturated heterocycles. The molecule has 0 N–H and O–H groups in total. The molecule has 0 aliphatic rings. The largest absolute Gasteiger partial charge is 0.466 e. The number of methoxy groups -OCH3 is 1. The molecule has 1 atom stereocenters. The summed E-state index contributed by atoms with van der Waals surface area (Å²) in [4.78, 5) is 23.6. The van der Waals surface area contributed by atoms with Gasteiger partial charge in [-0.05, 0) is 26.3 Å². The molecule has 1 aromatic heterocycles. The second-order valence-corrected chi connectivity index (χ2v) is 5.82. The van der Waals surface area contributed by atoms with E-state index in [1.54, 1.807) is 6.92 Å². The van der Waals surface area contributed by atoms with E-state index in [1.165, 1.54) is 18.7 Å². The van der Waals surface area contributed by atoms with Crippen molar-refractivity contribution in [3.63, 3.8) is 0 Å². The smallest absolute Gasteiger partial charge is 0.346 e. The summed E-state index contributed by atoms with van der Waals surface area (Å²) >= 11 is 6.29. The molecule has 2 aromatic rings. The van der Waals surface area contributed by atoms with Crippen molar-refractivity contribution >= 4 is 23.5 Å². The average molecular weight is 351 g/mol. The van der Waals surface area contributed by atoms with Crippen LogP contribution in [-0.2, 0) is 20.8 Å². The fourth-order valence-electron chi connectivity index (χ4n) is 2.19. The van der Waals surface area contributed by atoms with Gasteiger partial charge in [0.05, 0.1) is 19.3 Å². The van der Waals surface area contributed by atoms with Crippen molar-refractivity contribution in [3.8, 4) is 0 Å². The first kappa shape index (κ1) is 18.0. The molecule has 0 saturated carbocycles. The number of hydrogen-bond acceptors (Lipinski definition) is 5. The van der Waals surface area contributed by atoms with Gasteiger partial charge in [0.15, 0.2) is 6.10 Å². The first-order chi connectivity index (χ1) is 11.3. The van der Waals surface area contributed by atoms with Crippen molar-refractivity contribution in [1.82, 2.24) is 9.78 Å². The molecule has 6 nitrogen and oxygen atoms in total. The maximum absolute atomic E-state index is 12.3. The number of carbonyl (C=O) groups is 2. The van der Waals surface area contributed by atoms with E-state index in [2.05, 4.69) is 9.84 Å². The fraction of sp³-hybridized carbons (Fsp3) is 0.353. The molecule has 0 bridgehead atoms. The van der Waals surface area contributed by atoms with Crippen LogP contribution in [0.25, 0.3) is 0 Å². The molecule has 0 aliphatic carbocycles. The van der Waals surface area contributed by atoms with Gasteiger partial charge < -0.3 is 9.47 Å². The van der Waals surface area contributed by atoms with Gasteiger partial charge >= 0.3 is 11.9 Å². The normalized spacial score (nSPS) is 11.9. The molecular weight excluding hydrogens is 332 g/mol. The number of aryl methyl sites for hydroxylation is 2. The summed E-state index contributed by atoms with van der Waals surface area (Å²) in [6.07, 6.45) is -1.02. The topological polar surface area (TPSA) is 70.4 Å². The van der Waals surface area contributed by atoms with Gasteiger partial charge in [0, 0.05) is 0 Å². The van der Waals surface area contributed by atoms with Crippen LogP contribution in [0.15, 0.2) is 24.3 Å². The van der Waals surface area contributed by atoms with Crippen LogP contribution in [-0.4, -0.2) is 34.9 Å². The molecule has 0 aliphatic heterocycles. The van der Waals surface area contributed by atoms with Gasteiger partial charge in [-0.3, -0.25) is 0 Å². The number of nitrogens with zero attached hydrogens (tertiary/aromatic N) is 2. The third kappa shape index (κ3) is 3.94. The molecule has 7 heteroatoms. The number of esters is 2. The molecule has 24 heavy (non-hydrogen) atoms. The van der Waals surface area contributed by atoms with Crippen molar-refractivity contribution in [3.05, 3.63) is 51.8 Å². The van der Waals surface area contributed by atoms with Crippen LogP contribution in [0.2, 0.25) is 5.15 Å². The molecule has 0 amide bonds. The van der Waals surface area contributed by atoms with Crippen molar-refractivity contribution in [1.29, 1.82) is 0 Å². The third-order valence-corrected chi connectivity index (χ3v) is 3.92.